The third-order valence-corrected chi connectivity index (χ3v) is 4.87. The van der Waals surface area contributed by atoms with Crippen molar-refractivity contribution in [1.82, 2.24) is 18.7 Å². The van der Waals surface area contributed by atoms with E-state index in [1.807, 2.05) is 0 Å². The second-order valence-electron chi connectivity index (χ2n) is 6.45. The van der Waals surface area contributed by atoms with Crippen molar-refractivity contribution in [1.29, 1.82) is 0 Å². The minimum atomic E-state index is -0.563. The van der Waals surface area contributed by atoms with E-state index in [0.717, 1.165) is 4.57 Å². The van der Waals surface area contributed by atoms with E-state index in [0.29, 0.717) is 16.3 Å². The third-order valence-electron chi connectivity index (χ3n) is 4.55. The van der Waals surface area contributed by atoms with Crippen LogP contribution in [0.15, 0.2) is 77.1 Å². The summed E-state index contributed by atoms with van der Waals surface area (Å²) < 4.78 is 17.6. The maximum atomic E-state index is 13.6. The summed E-state index contributed by atoms with van der Waals surface area (Å²) >= 11 is 6.31. The molecule has 0 fully saturated rings. The lowest BCUT2D eigenvalue weighted by Crippen LogP contribution is -2.39. The van der Waals surface area contributed by atoms with Crippen molar-refractivity contribution in [3.8, 4) is 5.69 Å². The van der Waals surface area contributed by atoms with E-state index < -0.39 is 11.2 Å². The maximum absolute atomic E-state index is 13.6. The number of halogens is 2. The second kappa shape index (κ2) is 7.52. The van der Waals surface area contributed by atoms with Crippen LogP contribution in [0.4, 0.5) is 4.39 Å². The molecular weight excluding hydrogens is 395 g/mol. The fraction of sp³-hybridized carbons (Fsp3) is 0.0952. The summed E-state index contributed by atoms with van der Waals surface area (Å²) in [5, 5.41) is 0.347. The predicted molar refractivity (Wildman–Crippen MR) is 110 cm³/mol. The molecule has 4 rings (SSSR count). The van der Waals surface area contributed by atoms with Gasteiger partial charge in [-0.2, -0.15) is 0 Å². The van der Waals surface area contributed by atoms with E-state index in [2.05, 4.69) is 11.6 Å². The molecule has 146 valence electrons. The van der Waals surface area contributed by atoms with Crippen LogP contribution in [0.3, 0.4) is 0 Å². The molecule has 0 saturated carbocycles. The summed E-state index contributed by atoms with van der Waals surface area (Å²) in [6.07, 6.45) is 2.93. The van der Waals surface area contributed by atoms with Crippen molar-refractivity contribution < 1.29 is 4.39 Å². The van der Waals surface area contributed by atoms with Crippen molar-refractivity contribution >= 4 is 22.8 Å². The number of nitrogens with zero attached hydrogens (tertiary/aromatic N) is 4. The van der Waals surface area contributed by atoms with Crippen LogP contribution in [0.1, 0.15) is 5.56 Å². The summed E-state index contributed by atoms with van der Waals surface area (Å²) in [6, 6.07) is 12.9. The first kappa shape index (κ1) is 18.9. The van der Waals surface area contributed by atoms with Gasteiger partial charge in [-0.1, -0.05) is 41.9 Å². The molecule has 0 radical (unpaired) electrons. The van der Waals surface area contributed by atoms with Gasteiger partial charge in [-0.05, 0) is 29.8 Å². The van der Waals surface area contributed by atoms with Crippen LogP contribution in [0.2, 0.25) is 5.02 Å². The molecule has 0 amide bonds. The number of hydrogen-bond acceptors (Lipinski definition) is 3. The Kier molecular flexibility index (Phi) is 4.90. The highest BCUT2D eigenvalue weighted by molar-refractivity contribution is 6.32. The highest BCUT2D eigenvalue weighted by Gasteiger charge is 2.20. The Hall–Kier alpha value is -3.45. The van der Waals surface area contributed by atoms with Gasteiger partial charge in [0, 0.05) is 13.1 Å². The van der Waals surface area contributed by atoms with Gasteiger partial charge < -0.3 is 4.57 Å². The fourth-order valence-electron chi connectivity index (χ4n) is 3.27. The van der Waals surface area contributed by atoms with Gasteiger partial charge in [0.15, 0.2) is 11.2 Å². The minimum Gasteiger partial charge on any atom is -0.320 e. The Morgan fingerprint density at radius 1 is 1.14 bits per heavy atom. The van der Waals surface area contributed by atoms with Gasteiger partial charge in [0.25, 0.3) is 5.56 Å². The lowest BCUT2D eigenvalue weighted by molar-refractivity contribution is 0.623. The standard InChI is InChI=1S/C21H16ClFN4O2/c1-2-10-26-20(28)18-19(27(21(26)29)17-9-4-3-8-16(17)22)24-13-25(18)12-14-6-5-7-15(23)11-14/h2-9,11,13H,1,10,12H2. The molecule has 0 aliphatic rings. The quantitative estimate of drug-likeness (QED) is 0.474. The van der Waals surface area contributed by atoms with Crippen LogP contribution in [0.5, 0.6) is 0 Å². The largest absolute Gasteiger partial charge is 0.337 e. The van der Waals surface area contributed by atoms with Gasteiger partial charge >= 0.3 is 5.69 Å². The van der Waals surface area contributed by atoms with Gasteiger partial charge in [0.05, 0.1) is 17.0 Å². The molecule has 0 aliphatic heterocycles. The molecule has 2 aromatic carbocycles. The summed E-state index contributed by atoms with van der Waals surface area (Å²) in [5.41, 5.74) is 0.418. The van der Waals surface area contributed by atoms with Crippen molar-refractivity contribution in [3.63, 3.8) is 0 Å². The molecule has 2 heterocycles. The van der Waals surface area contributed by atoms with Crippen LogP contribution in [0, 0.1) is 5.82 Å². The van der Waals surface area contributed by atoms with Crippen molar-refractivity contribution in [2.45, 2.75) is 13.1 Å². The predicted octanol–water partition coefficient (Wildman–Crippen LogP) is 3.38. The Morgan fingerprint density at radius 2 is 1.93 bits per heavy atom. The minimum absolute atomic E-state index is 0.0310. The van der Waals surface area contributed by atoms with Gasteiger partial charge in [-0.15, -0.1) is 6.58 Å². The number of imidazole rings is 1. The molecule has 0 spiro atoms. The number of rotatable bonds is 5. The van der Waals surface area contributed by atoms with E-state index in [1.54, 1.807) is 41.0 Å². The number of fused-ring (bicyclic) bond motifs is 1. The number of para-hydroxylation sites is 1. The lowest BCUT2D eigenvalue weighted by Gasteiger charge is -2.13. The molecule has 0 saturated heterocycles. The van der Waals surface area contributed by atoms with E-state index >= 15 is 0 Å². The summed E-state index contributed by atoms with van der Waals surface area (Å²) in [6.45, 7) is 3.88. The first-order valence-electron chi connectivity index (χ1n) is 8.82. The Bertz CT molecular complexity index is 1350. The van der Waals surface area contributed by atoms with Crippen molar-refractivity contribution in [3.05, 3.63) is 105 Å². The molecular formula is C21H16ClFN4O2. The van der Waals surface area contributed by atoms with E-state index in [4.69, 9.17) is 11.6 Å². The van der Waals surface area contributed by atoms with Crippen LogP contribution >= 0.6 is 11.6 Å². The van der Waals surface area contributed by atoms with Crippen molar-refractivity contribution in [2.75, 3.05) is 0 Å². The SMILES string of the molecule is C=CCn1c(=O)c2c(ncn2Cc2cccc(F)c2)n(-c2ccccc2Cl)c1=O. The van der Waals surface area contributed by atoms with Crippen LogP contribution in [0.25, 0.3) is 16.9 Å². The number of allylic oxidation sites excluding steroid dienone is 1. The van der Waals surface area contributed by atoms with Gasteiger partial charge in [-0.25, -0.2) is 18.7 Å². The van der Waals surface area contributed by atoms with Gasteiger partial charge in [-0.3, -0.25) is 9.36 Å². The summed E-state index contributed by atoms with van der Waals surface area (Å²) in [5.74, 6) is -0.371. The fourth-order valence-corrected chi connectivity index (χ4v) is 3.49. The Labute approximate surface area is 169 Å². The zero-order valence-electron chi connectivity index (χ0n) is 15.3. The average Bonchev–Trinajstić information content (AvgIpc) is 3.10. The molecule has 0 unspecified atom stereocenters. The molecule has 29 heavy (non-hydrogen) atoms. The Balaban J connectivity index is 2.03. The van der Waals surface area contributed by atoms with Crippen LogP contribution in [-0.4, -0.2) is 18.7 Å². The molecule has 4 aromatic rings. The van der Waals surface area contributed by atoms with E-state index in [-0.39, 0.29) is 30.1 Å². The van der Waals surface area contributed by atoms with Gasteiger partial charge in [0.2, 0.25) is 0 Å². The zero-order chi connectivity index (χ0) is 20.5. The highest BCUT2D eigenvalue weighted by atomic mass is 35.5. The highest BCUT2D eigenvalue weighted by Crippen LogP contribution is 2.21. The van der Waals surface area contributed by atoms with Crippen molar-refractivity contribution in [2.24, 2.45) is 0 Å². The molecule has 0 aliphatic carbocycles. The monoisotopic (exact) mass is 410 g/mol. The summed E-state index contributed by atoms with van der Waals surface area (Å²) in [7, 11) is 0. The molecule has 0 N–H and O–H groups in total. The molecule has 2 aromatic heterocycles. The molecule has 8 heteroatoms. The molecule has 0 bridgehead atoms. The average molecular weight is 411 g/mol. The number of benzene rings is 2. The first-order chi connectivity index (χ1) is 14.0. The number of aromatic nitrogens is 4. The second-order valence-corrected chi connectivity index (χ2v) is 6.86. The van der Waals surface area contributed by atoms with E-state index in [1.165, 1.54) is 29.1 Å². The first-order valence-corrected chi connectivity index (χ1v) is 9.20. The summed E-state index contributed by atoms with van der Waals surface area (Å²) in [4.78, 5) is 30.5. The normalized spacial score (nSPS) is 11.1. The maximum Gasteiger partial charge on any atom is 0.337 e. The van der Waals surface area contributed by atoms with Crippen LogP contribution < -0.4 is 11.2 Å². The smallest absolute Gasteiger partial charge is 0.320 e. The topological polar surface area (TPSA) is 61.8 Å². The molecule has 0 atom stereocenters. The van der Waals surface area contributed by atoms with Gasteiger partial charge in [0.1, 0.15) is 5.82 Å². The van der Waals surface area contributed by atoms with Crippen LogP contribution in [-0.2, 0) is 13.1 Å². The lowest BCUT2D eigenvalue weighted by atomic mass is 10.2. The zero-order valence-corrected chi connectivity index (χ0v) is 16.0. The molecule has 6 nitrogen and oxygen atoms in total. The third kappa shape index (κ3) is 3.30. The number of hydrogen-bond donors (Lipinski definition) is 0. The van der Waals surface area contributed by atoms with E-state index in [9.17, 15) is 14.0 Å². The Morgan fingerprint density at radius 3 is 2.66 bits per heavy atom.